The Bertz CT molecular complexity index is 965. The van der Waals surface area contributed by atoms with Crippen LogP contribution >= 0.6 is 0 Å². The number of hydrogen-bond acceptors (Lipinski definition) is 4. The van der Waals surface area contributed by atoms with Crippen molar-refractivity contribution in [3.05, 3.63) is 59.7 Å². The Morgan fingerprint density at radius 1 is 1.03 bits per heavy atom. The van der Waals surface area contributed by atoms with E-state index in [1.54, 1.807) is 11.0 Å². The number of para-hydroxylation sites is 2. The predicted octanol–water partition coefficient (Wildman–Crippen LogP) is 3.85. The molecule has 1 aliphatic rings. The van der Waals surface area contributed by atoms with Crippen LogP contribution in [-0.2, 0) is 22.3 Å². The Morgan fingerprint density at radius 2 is 1.79 bits per heavy atom. The van der Waals surface area contributed by atoms with Crippen LogP contribution in [0.2, 0.25) is 0 Å². The number of hydrogen-bond donors (Lipinski definition) is 1. The normalized spacial score (nSPS) is 15.2. The van der Waals surface area contributed by atoms with E-state index >= 15 is 0 Å². The van der Waals surface area contributed by atoms with Gasteiger partial charge in [-0.3, -0.25) is 9.59 Å². The number of amides is 2. The second kappa shape index (κ2) is 11.1. The lowest BCUT2D eigenvalue weighted by atomic mass is 10.1. The van der Waals surface area contributed by atoms with Crippen molar-refractivity contribution in [2.24, 2.45) is 0 Å². The minimum atomic E-state index is -4.39. The first-order valence-corrected chi connectivity index (χ1v) is 10.9. The summed E-state index contributed by atoms with van der Waals surface area (Å²) in [5.74, 6) is 0.166. The van der Waals surface area contributed by atoms with Gasteiger partial charge in [0.25, 0.3) is 0 Å². The van der Waals surface area contributed by atoms with Gasteiger partial charge in [-0.2, -0.15) is 13.2 Å². The molecule has 0 aliphatic carbocycles. The molecule has 0 bridgehead atoms. The molecular formula is C24H28F3N3O3. The molecule has 0 fully saturated rings. The minimum Gasteiger partial charge on any atom is -0.490 e. The van der Waals surface area contributed by atoms with Crippen LogP contribution in [0.4, 0.5) is 18.9 Å². The molecule has 3 rings (SSSR count). The molecule has 0 saturated heterocycles. The van der Waals surface area contributed by atoms with Gasteiger partial charge in [-0.1, -0.05) is 24.3 Å². The molecule has 2 amide bonds. The Labute approximate surface area is 191 Å². The fourth-order valence-corrected chi connectivity index (χ4v) is 3.74. The first-order chi connectivity index (χ1) is 15.7. The molecule has 0 atom stereocenters. The summed E-state index contributed by atoms with van der Waals surface area (Å²) < 4.78 is 45.4. The maximum absolute atomic E-state index is 13.2. The lowest BCUT2D eigenvalue weighted by molar-refractivity contribution is -0.137. The van der Waals surface area contributed by atoms with Crippen LogP contribution < -0.4 is 15.0 Å². The van der Waals surface area contributed by atoms with Crippen LogP contribution in [0.5, 0.6) is 5.75 Å². The van der Waals surface area contributed by atoms with Crippen LogP contribution in [0.1, 0.15) is 30.9 Å². The molecule has 1 heterocycles. The monoisotopic (exact) mass is 463 g/mol. The Morgan fingerprint density at radius 3 is 2.55 bits per heavy atom. The number of ether oxygens (including phenoxy) is 1. The van der Waals surface area contributed by atoms with Gasteiger partial charge >= 0.3 is 6.18 Å². The number of nitrogens with zero attached hydrogens (tertiary/aromatic N) is 2. The second-order valence-electron chi connectivity index (χ2n) is 7.93. The molecule has 178 valence electrons. The molecule has 0 aromatic heterocycles. The standard InChI is InChI=1S/C24H28F3N3O3/c1-18(31)28-16-23(32)29-11-4-5-12-30(21-9-2-3-10-22(21)33-14-13-29)17-19-7-6-8-20(15-19)24(25,26)27/h2-3,6-10,15H,4-5,11-14,16-17H2,1H3,(H,28,31). The van der Waals surface area contributed by atoms with Crippen molar-refractivity contribution < 1.29 is 27.5 Å². The van der Waals surface area contributed by atoms with Gasteiger partial charge in [0, 0.05) is 26.6 Å². The summed E-state index contributed by atoms with van der Waals surface area (Å²) >= 11 is 0. The van der Waals surface area contributed by atoms with Gasteiger partial charge in [-0.15, -0.1) is 0 Å². The fourth-order valence-electron chi connectivity index (χ4n) is 3.74. The summed E-state index contributed by atoms with van der Waals surface area (Å²) in [5.41, 5.74) is 0.685. The number of anilines is 1. The zero-order valence-corrected chi connectivity index (χ0v) is 18.5. The van der Waals surface area contributed by atoms with Gasteiger partial charge < -0.3 is 19.9 Å². The Kier molecular flexibility index (Phi) is 8.19. The molecular weight excluding hydrogens is 435 g/mol. The fraction of sp³-hybridized carbons (Fsp3) is 0.417. The molecule has 2 aromatic rings. The van der Waals surface area contributed by atoms with Crippen LogP contribution in [-0.4, -0.2) is 49.5 Å². The van der Waals surface area contributed by atoms with Crippen molar-refractivity contribution in [1.29, 1.82) is 0 Å². The zero-order chi connectivity index (χ0) is 23.8. The van der Waals surface area contributed by atoms with Gasteiger partial charge in [0.15, 0.2) is 0 Å². The van der Waals surface area contributed by atoms with E-state index in [0.29, 0.717) is 43.9 Å². The number of alkyl halides is 3. The van der Waals surface area contributed by atoms with E-state index < -0.39 is 11.7 Å². The summed E-state index contributed by atoms with van der Waals surface area (Å²) in [7, 11) is 0. The molecule has 33 heavy (non-hydrogen) atoms. The molecule has 0 spiro atoms. The third kappa shape index (κ3) is 7.13. The number of fused-ring (bicyclic) bond motifs is 1. The third-order valence-electron chi connectivity index (χ3n) is 5.40. The van der Waals surface area contributed by atoms with Crippen LogP contribution in [0.25, 0.3) is 0 Å². The number of halogens is 3. The largest absolute Gasteiger partial charge is 0.490 e. The van der Waals surface area contributed by atoms with E-state index in [9.17, 15) is 22.8 Å². The molecule has 0 unspecified atom stereocenters. The maximum atomic E-state index is 13.2. The molecule has 1 N–H and O–H groups in total. The molecule has 6 nitrogen and oxygen atoms in total. The Hall–Kier alpha value is -3.23. The number of rotatable bonds is 4. The van der Waals surface area contributed by atoms with Crippen molar-refractivity contribution in [3.63, 3.8) is 0 Å². The van der Waals surface area contributed by atoms with Crippen molar-refractivity contribution in [3.8, 4) is 5.75 Å². The van der Waals surface area contributed by atoms with E-state index in [1.807, 2.05) is 29.2 Å². The van der Waals surface area contributed by atoms with Crippen molar-refractivity contribution >= 4 is 17.5 Å². The topological polar surface area (TPSA) is 61.9 Å². The molecule has 0 saturated carbocycles. The number of carbonyl (C=O) groups excluding carboxylic acids is 2. The molecule has 9 heteroatoms. The average Bonchev–Trinajstić information content (AvgIpc) is 2.81. The third-order valence-corrected chi connectivity index (χ3v) is 5.40. The summed E-state index contributed by atoms with van der Waals surface area (Å²) in [6.07, 6.45) is -2.95. The minimum absolute atomic E-state index is 0.0619. The van der Waals surface area contributed by atoms with Gasteiger partial charge in [-0.05, 0) is 42.7 Å². The lowest BCUT2D eigenvalue weighted by Crippen LogP contribution is -2.42. The smallest absolute Gasteiger partial charge is 0.416 e. The highest BCUT2D eigenvalue weighted by Crippen LogP contribution is 2.32. The maximum Gasteiger partial charge on any atom is 0.416 e. The number of benzene rings is 2. The van der Waals surface area contributed by atoms with E-state index in [1.165, 1.54) is 19.1 Å². The van der Waals surface area contributed by atoms with Crippen molar-refractivity contribution in [2.45, 2.75) is 32.5 Å². The van der Waals surface area contributed by atoms with Crippen molar-refractivity contribution in [1.82, 2.24) is 10.2 Å². The highest BCUT2D eigenvalue weighted by molar-refractivity contribution is 5.83. The summed E-state index contributed by atoms with van der Waals surface area (Å²) in [4.78, 5) is 27.3. The zero-order valence-electron chi connectivity index (χ0n) is 18.5. The van der Waals surface area contributed by atoms with Crippen LogP contribution in [0, 0.1) is 0 Å². The van der Waals surface area contributed by atoms with E-state index in [-0.39, 0.29) is 25.0 Å². The first-order valence-electron chi connectivity index (χ1n) is 10.9. The van der Waals surface area contributed by atoms with Gasteiger partial charge in [-0.25, -0.2) is 0 Å². The molecule has 2 aromatic carbocycles. The average molecular weight is 464 g/mol. The molecule has 0 radical (unpaired) electrons. The quantitative estimate of drug-likeness (QED) is 0.748. The predicted molar refractivity (Wildman–Crippen MR) is 119 cm³/mol. The van der Waals surface area contributed by atoms with Gasteiger partial charge in [0.05, 0.1) is 24.3 Å². The summed E-state index contributed by atoms with van der Waals surface area (Å²) in [6.45, 7) is 3.34. The SMILES string of the molecule is CC(=O)NCC(=O)N1CCCCN(Cc2cccc(C(F)(F)F)c2)c2ccccc2OCC1. The van der Waals surface area contributed by atoms with Crippen molar-refractivity contribution in [2.75, 3.05) is 37.7 Å². The number of nitrogens with one attached hydrogen (secondary N) is 1. The second-order valence-corrected chi connectivity index (χ2v) is 7.93. The summed E-state index contributed by atoms with van der Waals surface area (Å²) in [6, 6.07) is 12.8. The van der Waals surface area contributed by atoms with E-state index in [2.05, 4.69) is 5.32 Å². The highest BCUT2D eigenvalue weighted by atomic mass is 19.4. The van der Waals surface area contributed by atoms with Gasteiger partial charge in [0.1, 0.15) is 12.4 Å². The molecule has 1 aliphatic heterocycles. The number of carbonyl (C=O) groups is 2. The van der Waals surface area contributed by atoms with Crippen LogP contribution in [0.15, 0.2) is 48.5 Å². The Balaban J connectivity index is 1.77. The highest BCUT2D eigenvalue weighted by Gasteiger charge is 2.30. The van der Waals surface area contributed by atoms with E-state index in [4.69, 9.17) is 4.74 Å². The van der Waals surface area contributed by atoms with Crippen LogP contribution in [0.3, 0.4) is 0 Å². The van der Waals surface area contributed by atoms with Gasteiger partial charge in [0.2, 0.25) is 11.8 Å². The lowest BCUT2D eigenvalue weighted by Gasteiger charge is -2.27. The van der Waals surface area contributed by atoms with E-state index in [0.717, 1.165) is 18.2 Å². The first kappa shape index (κ1) is 24.4. The summed E-state index contributed by atoms with van der Waals surface area (Å²) in [5, 5.41) is 2.52.